The fourth-order valence-corrected chi connectivity index (χ4v) is 3.46. The molecule has 1 aliphatic carbocycles. The molecule has 3 aromatic heterocycles. The lowest BCUT2D eigenvalue weighted by Crippen LogP contribution is -2.34. The standard InChI is InChI=1S/C20H23N7O/c28-19(8-13-27-12-3-10-23-27)24-15-5-6-16(14-15)25-20-22-11-7-18(26-20)17-4-1-2-9-21-17/h1-4,7,9-12,15-16H,5-6,8,13-14H2,(H,24,28)(H,22,25,26)/t15-,16-/m0/s1. The molecule has 3 heterocycles. The predicted octanol–water partition coefficient (Wildman–Crippen LogP) is 2.27. The van der Waals surface area contributed by atoms with Crippen molar-refractivity contribution in [1.82, 2.24) is 30.0 Å². The van der Waals surface area contributed by atoms with E-state index in [0.717, 1.165) is 30.7 Å². The summed E-state index contributed by atoms with van der Waals surface area (Å²) in [6.07, 6.45) is 10.3. The monoisotopic (exact) mass is 377 g/mol. The molecule has 1 saturated carbocycles. The topological polar surface area (TPSA) is 97.6 Å². The zero-order valence-corrected chi connectivity index (χ0v) is 15.5. The highest BCUT2D eigenvalue weighted by molar-refractivity contribution is 5.76. The molecule has 2 atom stereocenters. The molecular formula is C20H23N7O. The molecule has 144 valence electrons. The lowest BCUT2D eigenvalue weighted by atomic mass is 10.2. The van der Waals surface area contributed by atoms with Crippen LogP contribution in [-0.4, -0.2) is 42.7 Å². The number of carbonyl (C=O) groups is 1. The van der Waals surface area contributed by atoms with E-state index in [-0.39, 0.29) is 18.0 Å². The van der Waals surface area contributed by atoms with Crippen LogP contribution in [0.2, 0.25) is 0 Å². The van der Waals surface area contributed by atoms with Crippen LogP contribution in [0.3, 0.4) is 0 Å². The van der Waals surface area contributed by atoms with Crippen molar-refractivity contribution in [3.05, 3.63) is 55.1 Å². The molecule has 0 spiro atoms. The smallest absolute Gasteiger partial charge is 0.223 e. The van der Waals surface area contributed by atoms with Gasteiger partial charge in [-0.05, 0) is 43.5 Å². The minimum Gasteiger partial charge on any atom is -0.353 e. The molecule has 0 aliphatic heterocycles. The molecule has 0 aromatic carbocycles. The minimum absolute atomic E-state index is 0.0644. The molecule has 0 unspecified atom stereocenters. The first kappa shape index (κ1) is 18.1. The number of anilines is 1. The van der Waals surface area contributed by atoms with Crippen molar-refractivity contribution in [3.8, 4) is 11.4 Å². The number of pyridine rings is 1. The van der Waals surface area contributed by atoms with Gasteiger partial charge in [0.15, 0.2) is 0 Å². The van der Waals surface area contributed by atoms with Gasteiger partial charge in [-0.3, -0.25) is 14.5 Å². The van der Waals surface area contributed by atoms with Crippen LogP contribution in [0.15, 0.2) is 55.1 Å². The Bertz CT molecular complexity index is 898. The Labute approximate surface area is 163 Å². The van der Waals surface area contributed by atoms with E-state index in [1.54, 1.807) is 23.3 Å². The quantitative estimate of drug-likeness (QED) is 0.656. The third-order valence-electron chi connectivity index (χ3n) is 4.84. The predicted molar refractivity (Wildman–Crippen MR) is 105 cm³/mol. The van der Waals surface area contributed by atoms with E-state index in [2.05, 4.69) is 30.7 Å². The van der Waals surface area contributed by atoms with Gasteiger partial charge in [0.25, 0.3) is 0 Å². The van der Waals surface area contributed by atoms with Crippen molar-refractivity contribution in [2.45, 2.75) is 44.3 Å². The van der Waals surface area contributed by atoms with Crippen LogP contribution in [0.5, 0.6) is 0 Å². The molecule has 1 amide bonds. The molecular weight excluding hydrogens is 354 g/mol. The van der Waals surface area contributed by atoms with Crippen molar-refractivity contribution in [2.75, 3.05) is 5.32 Å². The molecule has 3 aromatic rings. The summed E-state index contributed by atoms with van der Waals surface area (Å²) in [6.45, 7) is 0.599. The number of nitrogens with one attached hydrogen (secondary N) is 2. The first-order valence-electron chi connectivity index (χ1n) is 9.54. The molecule has 8 heteroatoms. The van der Waals surface area contributed by atoms with Crippen LogP contribution in [0.4, 0.5) is 5.95 Å². The number of hydrogen-bond donors (Lipinski definition) is 2. The molecule has 0 radical (unpaired) electrons. The van der Waals surface area contributed by atoms with Crippen molar-refractivity contribution >= 4 is 11.9 Å². The number of hydrogen-bond acceptors (Lipinski definition) is 6. The summed E-state index contributed by atoms with van der Waals surface area (Å²) < 4.78 is 1.77. The second kappa shape index (κ2) is 8.60. The van der Waals surface area contributed by atoms with Gasteiger partial charge in [-0.1, -0.05) is 6.07 Å². The van der Waals surface area contributed by atoms with Crippen LogP contribution >= 0.6 is 0 Å². The summed E-state index contributed by atoms with van der Waals surface area (Å²) in [5.74, 6) is 0.661. The van der Waals surface area contributed by atoms with Gasteiger partial charge in [-0.15, -0.1) is 0 Å². The van der Waals surface area contributed by atoms with Crippen LogP contribution in [0.1, 0.15) is 25.7 Å². The molecule has 2 N–H and O–H groups in total. The normalized spacial score (nSPS) is 18.7. The number of carbonyl (C=O) groups excluding carboxylic acids is 1. The Hall–Kier alpha value is -3.29. The van der Waals surface area contributed by atoms with Gasteiger partial charge < -0.3 is 10.6 Å². The Kier molecular flexibility index (Phi) is 5.56. The van der Waals surface area contributed by atoms with Crippen molar-refractivity contribution in [1.29, 1.82) is 0 Å². The molecule has 8 nitrogen and oxygen atoms in total. The van der Waals surface area contributed by atoms with E-state index >= 15 is 0 Å². The summed E-state index contributed by atoms with van der Waals surface area (Å²) in [4.78, 5) is 25.4. The van der Waals surface area contributed by atoms with Gasteiger partial charge in [0.1, 0.15) is 0 Å². The SMILES string of the molecule is O=C(CCn1cccn1)N[C@H]1CC[C@H](Nc2nccc(-c3ccccn3)n2)C1. The third kappa shape index (κ3) is 4.70. The highest BCUT2D eigenvalue weighted by Crippen LogP contribution is 2.23. The summed E-state index contributed by atoms with van der Waals surface area (Å²) in [6, 6.07) is 9.88. The van der Waals surface area contributed by atoms with E-state index in [9.17, 15) is 4.79 Å². The largest absolute Gasteiger partial charge is 0.353 e. The average Bonchev–Trinajstić information content (AvgIpc) is 3.39. The molecule has 28 heavy (non-hydrogen) atoms. The third-order valence-corrected chi connectivity index (χ3v) is 4.84. The van der Waals surface area contributed by atoms with Crippen molar-refractivity contribution < 1.29 is 4.79 Å². The fraction of sp³-hybridized carbons (Fsp3) is 0.350. The van der Waals surface area contributed by atoms with Gasteiger partial charge in [0.05, 0.1) is 11.4 Å². The first-order chi connectivity index (χ1) is 13.8. The number of nitrogens with zero attached hydrogens (tertiary/aromatic N) is 5. The van der Waals surface area contributed by atoms with E-state index in [1.165, 1.54) is 0 Å². The molecule has 1 aliphatic rings. The van der Waals surface area contributed by atoms with Gasteiger partial charge in [-0.2, -0.15) is 5.10 Å². The van der Waals surface area contributed by atoms with Crippen LogP contribution in [0, 0.1) is 0 Å². The second-order valence-corrected chi connectivity index (χ2v) is 6.92. The van der Waals surface area contributed by atoms with E-state index in [1.807, 2.05) is 36.5 Å². The summed E-state index contributed by atoms with van der Waals surface area (Å²) in [7, 11) is 0. The van der Waals surface area contributed by atoms with Gasteiger partial charge in [0.2, 0.25) is 11.9 Å². The zero-order valence-electron chi connectivity index (χ0n) is 15.5. The Balaban J connectivity index is 1.27. The first-order valence-corrected chi connectivity index (χ1v) is 9.54. The maximum Gasteiger partial charge on any atom is 0.223 e. The van der Waals surface area contributed by atoms with Crippen LogP contribution < -0.4 is 10.6 Å². The summed E-state index contributed by atoms with van der Waals surface area (Å²) in [5.41, 5.74) is 1.61. The van der Waals surface area contributed by atoms with E-state index < -0.39 is 0 Å². The number of aryl methyl sites for hydroxylation is 1. The molecule has 0 saturated heterocycles. The maximum atomic E-state index is 12.2. The lowest BCUT2D eigenvalue weighted by Gasteiger charge is -2.15. The number of amides is 1. The molecule has 0 bridgehead atoms. The highest BCUT2D eigenvalue weighted by atomic mass is 16.1. The average molecular weight is 377 g/mol. The number of aromatic nitrogens is 5. The van der Waals surface area contributed by atoms with E-state index in [0.29, 0.717) is 18.9 Å². The Morgan fingerprint density at radius 3 is 2.79 bits per heavy atom. The van der Waals surface area contributed by atoms with Crippen LogP contribution in [-0.2, 0) is 11.3 Å². The summed E-state index contributed by atoms with van der Waals surface area (Å²) in [5, 5.41) is 10.6. The van der Waals surface area contributed by atoms with Crippen molar-refractivity contribution in [2.24, 2.45) is 0 Å². The molecule has 1 fully saturated rings. The lowest BCUT2D eigenvalue weighted by molar-refractivity contribution is -0.122. The minimum atomic E-state index is 0.0644. The number of rotatable bonds is 7. The van der Waals surface area contributed by atoms with Crippen molar-refractivity contribution in [3.63, 3.8) is 0 Å². The van der Waals surface area contributed by atoms with Crippen LogP contribution in [0.25, 0.3) is 11.4 Å². The van der Waals surface area contributed by atoms with E-state index in [4.69, 9.17) is 0 Å². The highest BCUT2D eigenvalue weighted by Gasteiger charge is 2.26. The Morgan fingerprint density at radius 1 is 1.04 bits per heavy atom. The van der Waals surface area contributed by atoms with Gasteiger partial charge >= 0.3 is 0 Å². The summed E-state index contributed by atoms with van der Waals surface area (Å²) >= 11 is 0. The Morgan fingerprint density at radius 2 is 1.96 bits per heavy atom. The van der Waals surface area contributed by atoms with Gasteiger partial charge in [0, 0.05) is 49.8 Å². The zero-order chi connectivity index (χ0) is 19.2. The molecule has 4 rings (SSSR count). The maximum absolute atomic E-state index is 12.2. The fourth-order valence-electron chi connectivity index (χ4n) is 3.46. The second-order valence-electron chi connectivity index (χ2n) is 6.92. The van der Waals surface area contributed by atoms with Gasteiger partial charge in [-0.25, -0.2) is 9.97 Å².